The fourth-order valence-corrected chi connectivity index (χ4v) is 5.74. The highest BCUT2D eigenvalue weighted by Gasteiger charge is 2.29. The molecule has 0 saturated carbocycles. The summed E-state index contributed by atoms with van der Waals surface area (Å²) in [5.41, 5.74) is 1.40. The van der Waals surface area contributed by atoms with Crippen molar-refractivity contribution < 1.29 is 18.3 Å². The number of fused-ring (bicyclic) bond motifs is 3. The summed E-state index contributed by atoms with van der Waals surface area (Å²) in [4.78, 5) is 29.3. The number of piperidine rings is 1. The van der Waals surface area contributed by atoms with Gasteiger partial charge in [0.25, 0.3) is 5.56 Å². The number of nitrogens with one attached hydrogen (secondary N) is 3. The van der Waals surface area contributed by atoms with Crippen LogP contribution in [0.25, 0.3) is 21.8 Å². The first kappa shape index (κ1) is 21.5. The van der Waals surface area contributed by atoms with Gasteiger partial charge in [-0.05, 0) is 62.5 Å². The molecule has 3 aromatic rings. The van der Waals surface area contributed by atoms with E-state index in [-0.39, 0.29) is 22.9 Å². The van der Waals surface area contributed by atoms with E-state index in [1.807, 2.05) is 0 Å². The minimum Gasteiger partial charge on any atom is -0.481 e. The fraction of sp³-hybridized carbons (Fsp3) is 0.429. The van der Waals surface area contributed by atoms with Crippen molar-refractivity contribution in [2.45, 2.75) is 43.0 Å². The standard InChI is InChI=1S/C21H26N4O5S/c1-25(14-7-9-22-10-8-14)31(29,30)15-5-6-17-16(11-15)19-13(3-2-4-18(26)27)12-23-20(19)21(28)24-17/h5-6,11-12,14,22-23H,2-4,7-10H2,1H3,(H,24,28)(H,26,27). The van der Waals surface area contributed by atoms with E-state index in [4.69, 9.17) is 5.11 Å². The molecule has 0 spiro atoms. The van der Waals surface area contributed by atoms with Gasteiger partial charge >= 0.3 is 5.97 Å². The second-order valence-corrected chi connectivity index (χ2v) is 9.97. The minimum atomic E-state index is -3.71. The first-order valence-corrected chi connectivity index (χ1v) is 11.8. The second-order valence-electron chi connectivity index (χ2n) is 7.98. The number of carboxylic acids is 1. The summed E-state index contributed by atoms with van der Waals surface area (Å²) in [6, 6.07) is 4.69. The Labute approximate surface area is 179 Å². The van der Waals surface area contributed by atoms with E-state index in [0.29, 0.717) is 34.6 Å². The molecule has 9 nitrogen and oxygen atoms in total. The van der Waals surface area contributed by atoms with Gasteiger partial charge in [-0.3, -0.25) is 9.59 Å². The Balaban J connectivity index is 1.79. The number of rotatable bonds is 7. The number of sulfonamides is 1. The lowest BCUT2D eigenvalue weighted by molar-refractivity contribution is -0.137. The molecule has 0 bridgehead atoms. The van der Waals surface area contributed by atoms with E-state index in [1.54, 1.807) is 25.4 Å². The molecule has 0 radical (unpaired) electrons. The number of carbonyl (C=O) groups is 1. The third-order valence-corrected chi connectivity index (χ3v) is 7.94. The molecule has 1 aliphatic heterocycles. The maximum absolute atomic E-state index is 13.3. The zero-order chi connectivity index (χ0) is 22.2. The Bertz CT molecular complexity index is 1290. The fourth-order valence-electron chi connectivity index (χ4n) is 4.30. The second kappa shape index (κ2) is 8.45. The summed E-state index contributed by atoms with van der Waals surface area (Å²) in [5.74, 6) is -0.878. The number of pyridine rings is 1. The Hall–Kier alpha value is -2.69. The van der Waals surface area contributed by atoms with Crippen LogP contribution in [0.3, 0.4) is 0 Å². The van der Waals surface area contributed by atoms with Gasteiger partial charge in [0.05, 0.1) is 4.90 Å². The van der Waals surface area contributed by atoms with Crippen molar-refractivity contribution in [1.82, 2.24) is 19.6 Å². The molecule has 1 aliphatic rings. The van der Waals surface area contributed by atoms with Gasteiger partial charge in [-0.15, -0.1) is 0 Å². The van der Waals surface area contributed by atoms with E-state index < -0.39 is 16.0 Å². The number of aryl methyl sites for hydroxylation is 1. The van der Waals surface area contributed by atoms with Crippen LogP contribution in [0.2, 0.25) is 0 Å². The summed E-state index contributed by atoms with van der Waals surface area (Å²) in [6.45, 7) is 1.57. The summed E-state index contributed by atoms with van der Waals surface area (Å²) >= 11 is 0. The average Bonchev–Trinajstić information content (AvgIpc) is 3.18. The van der Waals surface area contributed by atoms with Crippen molar-refractivity contribution in [3.8, 4) is 0 Å². The summed E-state index contributed by atoms with van der Waals surface area (Å²) in [7, 11) is -2.09. The Morgan fingerprint density at radius 1 is 1.26 bits per heavy atom. The maximum Gasteiger partial charge on any atom is 0.303 e. The Kier molecular flexibility index (Phi) is 5.87. The zero-order valence-electron chi connectivity index (χ0n) is 17.3. The number of aromatic nitrogens is 2. The highest BCUT2D eigenvalue weighted by molar-refractivity contribution is 7.89. The van der Waals surface area contributed by atoms with Crippen molar-refractivity contribution in [3.63, 3.8) is 0 Å². The average molecular weight is 447 g/mol. The van der Waals surface area contributed by atoms with Gasteiger partial charge in [0.2, 0.25) is 10.0 Å². The highest BCUT2D eigenvalue weighted by atomic mass is 32.2. The maximum atomic E-state index is 13.3. The number of hydrogen-bond donors (Lipinski definition) is 4. The lowest BCUT2D eigenvalue weighted by atomic mass is 10.0. The molecule has 0 amide bonds. The normalized spacial score (nSPS) is 15.8. The minimum absolute atomic E-state index is 0.0223. The van der Waals surface area contributed by atoms with Crippen molar-refractivity contribution in [3.05, 3.63) is 40.3 Å². The van der Waals surface area contributed by atoms with Crippen molar-refractivity contribution in [2.24, 2.45) is 0 Å². The first-order valence-electron chi connectivity index (χ1n) is 10.4. The molecule has 1 saturated heterocycles. The number of benzene rings is 1. The lowest BCUT2D eigenvalue weighted by Crippen LogP contribution is -2.43. The topological polar surface area (TPSA) is 135 Å². The van der Waals surface area contributed by atoms with Gasteiger partial charge in [-0.25, -0.2) is 8.42 Å². The third-order valence-electron chi connectivity index (χ3n) is 6.03. The van der Waals surface area contributed by atoms with Crippen LogP contribution in [0.15, 0.2) is 34.1 Å². The number of carboxylic acid groups (broad SMARTS) is 1. The molecule has 1 fully saturated rings. The molecule has 2 aromatic heterocycles. The quantitative estimate of drug-likeness (QED) is 0.437. The molecule has 0 unspecified atom stereocenters. The van der Waals surface area contributed by atoms with Crippen LogP contribution in [0, 0.1) is 0 Å². The first-order chi connectivity index (χ1) is 14.8. The third kappa shape index (κ3) is 4.10. The van der Waals surface area contributed by atoms with E-state index in [2.05, 4.69) is 15.3 Å². The van der Waals surface area contributed by atoms with Crippen LogP contribution in [0.1, 0.15) is 31.2 Å². The van der Waals surface area contributed by atoms with Gasteiger partial charge < -0.3 is 20.4 Å². The largest absolute Gasteiger partial charge is 0.481 e. The molecule has 3 heterocycles. The molecule has 166 valence electrons. The summed E-state index contributed by atoms with van der Waals surface area (Å²) in [5, 5.41) is 13.4. The molecule has 31 heavy (non-hydrogen) atoms. The predicted molar refractivity (Wildman–Crippen MR) is 118 cm³/mol. The molecule has 4 N–H and O–H groups in total. The Morgan fingerprint density at radius 3 is 2.71 bits per heavy atom. The molecular formula is C21H26N4O5S. The number of hydrogen-bond acceptors (Lipinski definition) is 5. The smallest absolute Gasteiger partial charge is 0.303 e. The lowest BCUT2D eigenvalue weighted by Gasteiger charge is -2.30. The number of nitrogens with zero attached hydrogens (tertiary/aromatic N) is 1. The van der Waals surface area contributed by atoms with E-state index >= 15 is 0 Å². The van der Waals surface area contributed by atoms with E-state index in [0.717, 1.165) is 31.5 Å². The predicted octanol–water partition coefficient (Wildman–Crippen LogP) is 1.79. The molecule has 4 rings (SSSR count). The van der Waals surface area contributed by atoms with Crippen LogP contribution in [0.4, 0.5) is 0 Å². The number of H-pyrrole nitrogens is 2. The molecule has 0 aliphatic carbocycles. The monoisotopic (exact) mass is 446 g/mol. The summed E-state index contributed by atoms with van der Waals surface area (Å²) in [6.07, 6.45) is 4.13. The Morgan fingerprint density at radius 2 is 2.00 bits per heavy atom. The molecule has 0 atom stereocenters. The van der Waals surface area contributed by atoms with Crippen LogP contribution < -0.4 is 10.9 Å². The van der Waals surface area contributed by atoms with Crippen molar-refractivity contribution in [2.75, 3.05) is 20.1 Å². The van der Waals surface area contributed by atoms with Gasteiger partial charge in [-0.2, -0.15) is 4.31 Å². The van der Waals surface area contributed by atoms with Crippen LogP contribution in [-0.2, 0) is 21.2 Å². The summed E-state index contributed by atoms with van der Waals surface area (Å²) < 4.78 is 28.1. The van der Waals surface area contributed by atoms with Crippen LogP contribution in [0.5, 0.6) is 0 Å². The number of aromatic amines is 2. The van der Waals surface area contributed by atoms with Gasteiger partial charge in [0.15, 0.2) is 0 Å². The zero-order valence-corrected chi connectivity index (χ0v) is 18.1. The number of aliphatic carboxylic acids is 1. The molecular weight excluding hydrogens is 420 g/mol. The van der Waals surface area contributed by atoms with Gasteiger partial charge in [-0.1, -0.05) is 0 Å². The van der Waals surface area contributed by atoms with E-state index in [1.165, 1.54) is 10.4 Å². The van der Waals surface area contributed by atoms with Crippen LogP contribution >= 0.6 is 0 Å². The SMILES string of the molecule is CN(C1CCNCC1)S(=O)(=O)c1ccc2[nH]c(=O)c3[nH]cc(CCCC(=O)O)c3c2c1. The highest BCUT2D eigenvalue weighted by Crippen LogP contribution is 2.29. The van der Waals surface area contributed by atoms with E-state index in [9.17, 15) is 18.0 Å². The van der Waals surface area contributed by atoms with Crippen molar-refractivity contribution >= 4 is 37.8 Å². The van der Waals surface area contributed by atoms with Crippen LogP contribution in [-0.4, -0.2) is 59.9 Å². The van der Waals surface area contributed by atoms with Gasteiger partial charge in [0.1, 0.15) is 5.52 Å². The van der Waals surface area contributed by atoms with Crippen molar-refractivity contribution in [1.29, 1.82) is 0 Å². The van der Waals surface area contributed by atoms with Gasteiger partial charge in [0, 0.05) is 42.0 Å². The molecule has 1 aromatic carbocycles. The molecule has 10 heteroatoms.